The van der Waals surface area contributed by atoms with Gasteiger partial charge in [0.1, 0.15) is 17.6 Å². The summed E-state index contributed by atoms with van der Waals surface area (Å²) in [5, 5.41) is 17.1. The number of aromatic nitrogens is 3. The molecule has 0 aliphatic rings. The van der Waals surface area contributed by atoms with Gasteiger partial charge in [0.25, 0.3) is 0 Å². The number of unbranched alkanes of at least 4 members (excludes halogenated alkanes) is 4. The van der Waals surface area contributed by atoms with Crippen LogP contribution in [0, 0.1) is 17.1 Å². The van der Waals surface area contributed by atoms with Gasteiger partial charge in [-0.05, 0) is 18.6 Å². The lowest BCUT2D eigenvalue weighted by molar-refractivity contribution is 0.524. The van der Waals surface area contributed by atoms with Crippen LogP contribution in [0.5, 0.6) is 0 Å². The van der Waals surface area contributed by atoms with E-state index in [9.17, 15) is 4.39 Å². The number of hydrogen-bond donors (Lipinski definition) is 0. The minimum Gasteiger partial charge on any atom is -0.243 e. The fourth-order valence-corrected chi connectivity index (χ4v) is 2.33. The average Bonchev–Trinajstić information content (AvgIpc) is 2.90. The summed E-state index contributed by atoms with van der Waals surface area (Å²) in [6.45, 7) is 2.88. The highest BCUT2D eigenvalue weighted by molar-refractivity contribution is 5.64. The van der Waals surface area contributed by atoms with Crippen molar-refractivity contribution in [1.29, 1.82) is 5.26 Å². The summed E-state index contributed by atoms with van der Waals surface area (Å²) in [6.07, 6.45) is 5.74. The summed E-state index contributed by atoms with van der Waals surface area (Å²) in [6, 6.07) is 8.22. The van der Waals surface area contributed by atoms with Crippen molar-refractivity contribution >= 4 is 0 Å². The van der Waals surface area contributed by atoms with Crippen molar-refractivity contribution in [1.82, 2.24) is 15.0 Å². The van der Waals surface area contributed by atoms with Crippen LogP contribution in [0.1, 0.15) is 44.7 Å². The maximum atomic E-state index is 13.4. The predicted octanol–water partition coefficient (Wildman–Crippen LogP) is 3.93. The van der Waals surface area contributed by atoms with Crippen LogP contribution in [0.2, 0.25) is 0 Å². The van der Waals surface area contributed by atoms with Crippen LogP contribution in [0.4, 0.5) is 4.39 Å². The molecule has 0 N–H and O–H groups in total. The van der Waals surface area contributed by atoms with Gasteiger partial charge in [-0.3, -0.25) is 0 Å². The van der Waals surface area contributed by atoms with Gasteiger partial charge in [0, 0.05) is 12.1 Å². The van der Waals surface area contributed by atoms with E-state index >= 15 is 0 Å². The third kappa shape index (κ3) is 3.88. The minimum absolute atomic E-state index is 0.245. The van der Waals surface area contributed by atoms with Crippen LogP contribution in [0.3, 0.4) is 0 Å². The molecule has 4 nitrogen and oxygen atoms in total. The zero-order chi connectivity index (χ0) is 15.1. The maximum absolute atomic E-state index is 13.4. The maximum Gasteiger partial charge on any atom is 0.190 e. The van der Waals surface area contributed by atoms with E-state index in [-0.39, 0.29) is 11.5 Å². The molecule has 0 spiro atoms. The van der Waals surface area contributed by atoms with Crippen molar-refractivity contribution in [3.8, 4) is 17.3 Å². The smallest absolute Gasteiger partial charge is 0.190 e. The molecule has 0 aliphatic carbocycles. The lowest BCUT2D eigenvalue weighted by atomic mass is 10.1. The lowest BCUT2D eigenvalue weighted by Crippen LogP contribution is -2.03. The number of benzene rings is 1. The van der Waals surface area contributed by atoms with Gasteiger partial charge in [-0.1, -0.05) is 50.0 Å². The molecule has 0 unspecified atom stereocenters. The molecule has 0 saturated carbocycles. The predicted molar refractivity (Wildman–Crippen MR) is 78.9 cm³/mol. The van der Waals surface area contributed by atoms with Crippen molar-refractivity contribution in [2.45, 2.75) is 45.6 Å². The van der Waals surface area contributed by atoms with Gasteiger partial charge in [-0.2, -0.15) is 5.26 Å². The van der Waals surface area contributed by atoms with Gasteiger partial charge in [0.15, 0.2) is 5.69 Å². The molecule has 1 aromatic carbocycles. The first-order valence-corrected chi connectivity index (χ1v) is 7.35. The Labute approximate surface area is 124 Å². The molecule has 0 aliphatic heterocycles. The number of nitrogens with zero attached hydrogens (tertiary/aromatic N) is 4. The number of halogens is 1. The van der Waals surface area contributed by atoms with E-state index in [2.05, 4.69) is 17.2 Å². The van der Waals surface area contributed by atoms with E-state index < -0.39 is 0 Å². The summed E-state index contributed by atoms with van der Waals surface area (Å²) in [7, 11) is 0. The first-order valence-electron chi connectivity index (χ1n) is 7.35. The van der Waals surface area contributed by atoms with Gasteiger partial charge in [-0.25, -0.2) is 9.07 Å². The molecule has 0 radical (unpaired) electrons. The first-order chi connectivity index (χ1) is 10.3. The second-order valence-electron chi connectivity index (χ2n) is 5.05. The molecule has 1 aromatic heterocycles. The highest BCUT2D eigenvalue weighted by Crippen LogP contribution is 2.23. The molecule has 0 fully saturated rings. The number of aryl methyl sites for hydroxylation is 1. The van der Waals surface area contributed by atoms with Crippen LogP contribution in [0.25, 0.3) is 11.3 Å². The van der Waals surface area contributed by atoms with Crippen molar-refractivity contribution in [2.75, 3.05) is 0 Å². The summed E-state index contributed by atoms with van der Waals surface area (Å²) in [4.78, 5) is 0. The Hall–Kier alpha value is -2.22. The normalized spacial score (nSPS) is 10.5. The van der Waals surface area contributed by atoms with Crippen LogP contribution in [0.15, 0.2) is 24.3 Å². The zero-order valence-electron chi connectivity index (χ0n) is 12.2. The summed E-state index contributed by atoms with van der Waals surface area (Å²) < 4.78 is 15.1. The Morgan fingerprint density at radius 1 is 1.24 bits per heavy atom. The SMILES string of the molecule is CCCCCCCn1nnc(C#N)c1-c1cccc(F)c1. The molecule has 2 aromatic rings. The van der Waals surface area contributed by atoms with Crippen molar-refractivity contribution in [3.05, 3.63) is 35.8 Å². The molecule has 110 valence electrons. The van der Waals surface area contributed by atoms with E-state index in [0.717, 1.165) is 12.8 Å². The van der Waals surface area contributed by atoms with Crippen molar-refractivity contribution < 1.29 is 4.39 Å². The fourth-order valence-electron chi connectivity index (χ4n) is 2.33. The molecule has 0 bridgehead atoms. The monoisotopic (exact) mass is 286 g/mol. The summed E-state index contributed by atoms with van der Waals surface area (Å²) in [5.41, 5.74) is 1.49. The van der Waals surface area contributed by atoms with E-state index in [1.165, 1.54) is 31.4 Å². The number of nitriles is 1. The molecule has 21 heavy (non-hydrogen) atoms. The van der Waals surface area contributed by atoms with Gasteiger partial charge in [0.05, 0.1) is 0 Å². The molecule has 0 saturated heterocycles. The summed E-state index contributed by atoms with van der Waals surface area (Å²) in [5.74, 6) is -0.327. The third-order valence-corrected chi connectivity index (χ3v) is 3.41. The van der Waals surface area contributed by atoms with E-state index in [1.54, 1.807) is 16.8 Å². The van der Waals surface area contributed by atoms with Gasteiger partial charge >= 0.3 is 0 Å². The Morgan fingerprint density at radius 2 is 2.05 bits per heavy atom. The Kier molecular flexibility index (Phi) is 5.44. The molecule has 0 atom stereocenters. The second kappa shape index (κ2) is 7.53. The highest BCUT2D eigenvalue weighted by atomic mass is 19.1. The zero-order valence-corrected chi connectivity index (χ0v) is 12.2. The molecular formula is C16H19FN4. The Bertz CT molecular complexity index is 627. The van der Waals surface area contributed by atoms with Gasteiger partial charge < -0.3 is 0 Å². The van der Waals surface area contributed by atoms with Crippen LogP contribution in [-0.4, -0.2) is 15.0 Å². The second-order valence-corrected chi connectivity index (χ2v) is 5.05. The number of rotatable bonds is 7. The van der Waals surface area contributed by atoms with Gasteiger partial charge in [0.2, 0.25) is 0 Å². The van der Waals surface area contributed by atoms with Crippen LogP contribution >= 0.6 is 0 Å². The van der Waals surface area contributed by atoms with Crippen molar-refractivity contribution in [2.24, 2.45) is 0 Å². The third-order valence-electron chi connectivity index (χ3n) is 3.41. The first kappa shape index (κ1) is 15.2. The number of hydrogen-bond acceptors (Lipinski definition) is 3. The standard InChI is InChI=1S/C16H19FN4/c1-2-3-4-5-6-10-21-16(15(12-18)19-20-21)13-8-7-9-14(17)11-13/h7-9,11H,2-6,10H2,1H3. The molecule has 2 rings (SSSR count). The molecule has 5 heteroatoms. The van der Waals surface area contributed by atoms with Crippen molar-refractivity contribution in [3.63, 3.8) is 0 Å². The van der Waals surface area contributed by atoms with E-state index in [0.29, 0.717) is 17.8 Å². The van der Waals surface area contributed by atoms with E-state index in [4.69, 9.17) is 5.26 Å². The minimum atomic E-state index is -0.327. The molecule has 1 heterocycles. The Balaban J connectivity index is 2.16. The lowest BCUT2D eigenvalue weighted by Gasteiger charge is -2.07. The average molecular weight is 286 g/mol. The van der Waals surface area contributed by atoms with Crippen LogP contribution < -0.4 is 0 Å². The van der Waals surface area contributed by atoms with Crippen LogP contribution in [-0.2, 0) is 6.54 Å². The molecular weight excluding hydrogens is 267 g/mol. The molecule has 0 amide bonds. The summed E-state index contributed by atoms with van der Waals surface area (Å²) >= 11 is 0. The fraction of sp³-hybridized carbons (Fsp3) is 0.438. The largest absolute Gasteiger partial charge is 0.243 e. The topological polar surface area (TPSA) is 54.5 Å². The van der Waals surface area contributed by atoms with Gasteiger partial charge in [-0.15, -0.1) is 5.10 Å². The quantitative estimate of drug-likeness (QED) is 0.725. The Morgan fingerprint density at radius 3 is 2.76 bits per heavy atom. The highest BCUT2D eigenvalue weighted by Gasteiger charge is 2.14. The van der Waals surface area contributed by atoms with E-state index in [1.807, 2.05) is 6.07 Å².